The number of fused-ring (bicyclic) bond motifs is 1. The number of nitrogens with zero attached hydrogens (tertiary/aromatic N) is 1. The van der Waals surface area contributed by atoms with Gasteiger partial charge in [-0.1, -0.05) is 11.8 Å². The van der Waals surface area contributed by atoms with E-state index < -0.39 is 0 Å². The van der Waals surface area contributed by atoms with E-state index in [9.17, 15) is 9.50 Å². The molecule has 0 radical (unpaired) electrons. The first-order valence-corrected chi connectivity index (χ1v) is 7.12. The van der Waals surface area contributed by atoms with Crippen LogP contribution in [0.1, 0.15) is 5.56 Å². The molecule has 6 heteroatoms. The minimum absolute atomic E-state index is 0.214. The zero-order chi connectivity index (χ0) is 14.8. The Morgan fingerprint density at radius 1 is 1.29 bits per heavy atom. The quantitative estimate of drug-likeness (QED) is 0.776. The molecule has 0 saturated heterocycles. The van der Waals surface area contributed by atoms with E-state index in [0.29, 0.717) is 10.7 Å². The van der Waals surface area contributed by atoms with E-state index in [1.165, 1.54) is 23.9 Å². The van der Waals surface area contributed by atoms with Gasteiger partial charge in [-0.05, 0) is 35.9 Å². The zero-order valence-electron chi connectivity index (χ0n) is 11.3. The predicted octanol–water partition coefficient (Wildman–Crippen LogP) is 3.35. The lowest BCUT2D eigenvalue weighted by atomic mass is 10.2. The lowest BCUT2D eigenvalue weighted by molar-refractivity contribution is 0.278. The molecule has 0 aliphatic heterocycles. The third kappa shape index (κ3) is 2.86. The van der Waals surface area contributed by atoms with Gasteiger partial charge >= 0.3 is 0 Å². The Kier molecular flexibility index (Phi) is 3.81. The van der Waals surface area contributed by atoms with Gasteiger partial charge in [0.25, 0.3) is 0 Å². The molecule has 1 heterocycles. The van der Waals surface area contributed by atoms with Crippen molar-refractivity contribution in [2.45, 2.75) is 16.7 Å². The van der Waals surface area contributed by atoms with Crippen LogP contribution >= 0.6 is 11.8 Å². The van der Waals surface area contributed by atoms with Gasteiger partial charge in [0.15, 0.2) is 5.16 Å². The van der Waals surface area contributed by atoms with Crippen LogP contribution in [-0.4, -0.2) is 22.2 Å². The highest BCUT2D eigenvalue weighted by Gasteiger charge is 2.09. The molecule has 2 aromatic carbocycles. The van der Waals surface area contributed by atoms with Crippen molar-refractivity contribution >= 4 is 22.8 Å². The van der Waals surface area contributed by atoms with Crippen molar-refractivity contribution < 1.29 is 14.2 Å². The van der Waals surface area contributed by atoms with Crippen LogP contribution in [0, 0.1) is 5.82 Å². The monoisotopic (exact) mass is 304 g/mol. The van der Waals surface area contributed by atoms with Crippen molar-refractivity contribution in [2.75, 3.05) is 7.11 Å². The fraction of sp³-hybridized carbons (Fsp3) is 0.133. The molecule has 0 unspecified atom stereocenters. The second-order valence-corrected chi connectivity index (χ2v) is 5.47. The highest BCUT2D eigenvalue weighted by molar-refractivity contribution is 7.99. The molecule has 0 aliphatic carbocycles. The number of H-pyrrole nitrogens is 1. The Labute approximate surface area is 125 Å². The third-order valence-corrected chi connectivity index (χ3v) is 4.07. The van der Waals surface area contributed by atoms with Crippen molar-refractivity contribution in [1.29, 1.82) is 0 Å². The van der Waals surface area contributed by atoms with E-state index in [1.807, 2.05) is 18.2 Å². The molecule has 0 aliphatic rings. The third-order valence-electron chi connectivity index (χ3n) is 3.07. The van der Waals surface area contributed by atoms with Gasteiger partial charge in [-0.2, -0.15) is 0 Å². The van der Waals surface area contributed by atoms with Crippen molar-refractivity contribution in [2.24, 2.45) is 0 Å². The zero-order valence-corrected chi connectivity index (χ0v) is 12.1. The summed E-state index contributed by atoms with van der Waals surface area (Å²) in [7, 11) is 1.61. The molecule has 0 fully saturated rings. The Balaban J connectivity index is 1.94. The number of nitrogens with one attached hydrogen (secondary N) is 1. The topological polar surface area (TPSA) is 58.1 Å². The number of methoxy groups -OCH3 is 1. The highest BCUT2D eigenvalue weighted by Crippen LogP contribution is 2.31. The fourth-order valence-electron chi connectivity index (χ4n) is 2.02. The van der Waals surface area contributed by atoms with Gasteiger partial charge in [0.1, 0.15) is 11.6 Å². The summed E-state index contributed by atoms with van der Waals surface area (Å²) in [6.07, 6.45) is 0. The van der Waals surface area contributed by atoms with Gasteiger partial charge in [-0.15, -0.1) is 0 Å². The van der Waals surface area contributed by atoms with Crippen LogP contribution < -0.4 is 4.74 Å². The first kappa shape index (κ1) is 13.9. The first-order valence-electron chi connectivity index (χ1n) is 6.30. The molecule has 3 rings (SSSR count). The number of benzene rings is 2. The highest BCUT2D eigenvalue weighted by atomic mass is 32.2. The number of aliphatic hydroxyl groups excluding tert-OH is 1. The molecule has 4 nitrogen and oxygen atoms in total. The van der Waals surface area contributed by atoms with Crippen LogP contribution in [0.2, 0.25) is 0 Å². The van der Waals surface area contributed by atoms with Crippen LogP contribution in [0.15, 0.2) is 46.5 Å². The maximum Gasteiger partial charge on any atom is 0.171 e. The molecular formula is C15H13FN2O2S. The smallest absolute Gasteiger partial charge is 0.171 e. The normalized spacial score (nSPS) is 11.0. The standard InChI is InChI=1S/C15H13FN2O2S/c1-20-11-3-4-12-13(7-11)18-15(17-12)21-14-5-2-10(16)6-9(14)8-19/h2-7,19H,8H2,1H3,(H,17,18). The second-order valence-electron chi connectivity index (χ2n) is 4.44. The summed E-state index contributed by atoms with van der Waals surface area (Å²) < 4.78 is 18.3. The molecular weight excluding hydrogens is 291 g/mol. The van der Waals surface area contributed by atoms with Gasteiger partial charge in [-0.3, -0.25) is 0 Å². The minimum atomic E-state index is -0.363. The number of aromatic nitrogens is 2. The summed E-state index contributed by atoms with van der Waals surface area (Å²) in [5.41, 5.74) is 2.23. The van der Waals surface area contributed by atoms with E-state index >= 15 is 0 Å². The molecule has 108 valence electrons. The number of aliphatic hydroxyl groups is 1. The van der Waals surface area contributed by atoms with Crippen LogP contribution in [0.25, 0.3) is 11.0 Å². The SMILES string of the molecule is COc1ccc2nc(Sc3ccc(F)cc3CO)[nH]c2c1. The van der Waals surface area contributed by atoms with Crippen LogP contribution in [-0.2, 0) is 6.61 Å². The summed E-state index contributed by atoms with van der Waals surface area (Å²) in [5.74, 6) is 0.387. The van der Waals surface area contributed by atoms with Crippen molar-refractivity contribution in [3.05, 3.63) is 47.8 Å². The van der Waals surface area contributed by atoms with E-state index in [1.54, 1.807) is 13.2 Å². The van der Waals surface area contributed by atoms with Gasteiger partial charge < -0.3 is 14.8 Å². The molecule has 0 atom stereocenters. The number of aromatic amines is 1. The Hall–Kier alpha value is -2.05. The summed E-state index contributed by atoms with van der Waals surface area (Å²) in [4.78, 5) is 8.41. The van der Waals surface area contributed by atoms with Crippen molar-refractivity contribution in [1.82, 2.24) is 9.97 Å². The number of ether oxygens (including phenoxy) is 1. The molecule has 1 aromatic heterocycles. The average Bonchev–Trinajstić information content (AvgIpc) is 2.90. The molecule has 21 heavy (non-hydrogen) atoms. The Morgan fingerprint density at radius 2 is 2.14 bits per heavy atom. The maximum absolute atomic E-state index is 13.2. The minimum Gasteiger partial charge on any atom is -0.497 e. The summed E-state index contributed by atoms with van der Waals surface area (Å²) in [6.45, 7) is -0.214. The largest absolute Gasteiger partial charge is 0.497 e. The summed E-state index contributed by atoms with van der Waals surface area (Å²) in [5, 5.41) is 9.98. The van der Waals surface area contributed by atoms with Gasteiger partial charge in [0, 0.05) is 11.0 Å². The molecule has 0 spiro atoms. The molecule has 0 saturated carbocycles. The van der Waals surface area contributed by atoms with Crippen molar-refractivity contribution in [3.63, 3.8) is 0 Å². The lowest BCUT2D eigenvalue weighted by Crippen LogP contribution is -1.89. The number of hydrogen-bond acceptors (Lipinski definition) is 4. The van der Waals surface area contributed by atoms with Gasteiger partial charge in [0.05, 0.1) is 24.8 Å². The van der Waals surface area contributed by atoms with Gasteiger partial charge in [0.2, 0.25) is 0 Å². The second kappa shape index (κ2) is 5.75. The molecule has 2 N–H and O–H groups in total. The Bertz CT molecular complexity index is 788. The molecule has 3 aromatic rings. The van der Waals surface area contributed by atoms with E-state index in [2.05, 4.69) is 9.97 Å². The summed E-state index contributed by atoms with van der Waals surface area (Å²) >= 11 is 1.35. The summed E-state index contributed by atoms with van der Waals surface area (Å²) in [6, 6.07) is 9.91. The van der Waals surface area contributed by atoms with Gasteiger partial charge in [-0.25, -0.2) is 9.37 Å². The van der Waals surface area contributed by atoms with E-state index in [-0.39, 0.29) is 12.4 Å². The number of imidazole rings is 1. The first-order chi connectivity index (χ1) is 10.2. The Morgan fingerprint density at radius 3 is 2.90 bits per heavy atom. The fourth-order valence-corrected chi connectivity index (χ4v) is 2.92. The lowest BCUT2D eigenvalue weighted by Gasteiger charge is -2.04. The number of rotatable bonds is 4. The van der Waals surface area contributed by atoms with Crippen LogP contribution in [0.5, 0.6) is 5.75 Å². The molecule has 0 amide bonds. The molecule has 0 bridgehead atoms. The average molecular weight is 304 g/mol. The van der Waals surface area contributed by atoms with Crippen molar-refractivity contribution in [3.8, 4) is 5.75 Å². The van der Waals surface area contributed by atoms with E-state index in [0.717, 1.165) is 21.7 Å². The number of halogens is 1. The predicted molar refractivity (Wildman–Crippen MR) is 79.1 cm³/mol. The van der Waals surface area contributed by atoms with Crippen LogP contribution in [0.3, 0.4) is 0 Å². The number of hydrogen-bond donors (Lipinski definition) is 2. The van der Waals surface area contributed by atoms with Crippen LogP contribution in [0.4, 0.5) is 4.39 Å². The van der Waals surface area contributed by atoms with E-state index in [4.69, 9.17) is 4.74 Å². The maximum atomic E-state index is 13.2.